The van der Waals surface area contributed by atoms with E-state index in [2.05, 4.69) is 15.1 Å². The summed E-state index contributed by atoms with van der Waals surface area (Å²) in [5, 5.41) is 22.9. The lowest BCUT2D eigenvalue weighted by Crippen LogP contribution is -2.71. The van der Waals surface area contributed by atoms with Crippen LogP contribution in [0.1, 0.15) is 12.6 Å². The van der Waals surface area contributed by atoms with Gasteiger partial charge in [-0.15, -0.1) is 0 Å². The number of aliphatic hydroxyl groups excluding tert-OH is 1. The van der Waals surface area contributed by atoms with Crippen molar-refractivity contribution in [3.8, 4) is 22.9 Å². The molecule has 10 nitrogen and oxygen atoms in total. The molecule has 2 aromatic heterocycles. The molecule has 1 saturated heterocycles. The fourth-order valence-electron chi connectivity index (χ4n) is 3.58. The van der Waals surface area contributed by atoms with Crippen molar-refractivity contribution in [3.63, 3.8) is 0 Å². The van der Waals surface area contributed by atoms with Crippen molar-refractivity contribution in [1.29, 1.82) is 0 Å². The number of ether oxygens (including phenoxy) is 5. The average molecular weight is 403 g/mol. The predicted molar refractivity (Wildman–Crippen MR) is 99.0 cm³/mol. The number of methoxy groups -OCH3 is 2. The third-order valence-corrected chi connectivity index (χ3v) is 5.00. The van der Waals surface area contributed by atoms with Gasteiger partial charge in [0, 0.05) is 26.5 Å². The van der Waals surface area contributed by atoms with E-state index in [0.717, 1.165) is 6.21 Å². The van der Waals surface area contributed by atoms with Crippen LogP contribution in [0.25, 0.3) is 11.4 Å². The first-order chi connectivity index (χ1) is 14.0. The highest BCUT2D eigenvalue weighted by Gasteiger charge is 2.62. The second kappa shape index (κ2) is 7.56. The largest absolute Gasteiger partial charge is 0.453 e. The minimum atomic E-state index is -1.68. The highest BCUT2D eigenvalue weighted by atomic mass is 16.8. The smallest absolute Gasteiger partial charge is 0.302 e. The lowest BCUT2D eigenvalue weighted by molar-refractivity contribution is -0.391. The normalized spacial score (nSPS) is 30.9. The molecule has 5 atom stereocenters. The number of aromatic nitrogens is 2. The average Bonchev–Trinajstić information content (AvgIpc) is 2.73. The second-order valence-electron chi connectivity index (χ2n) is 6.65. The van der Waals surface area contributed by atoms with E-state index in [1.165, 1.54) is 20.3 Å². The Labute approximate surface area is 166 Å². The number of aliphatic hydroxyl groups is 1. The molecule has 0 bridgehead atoms. The molecule has 2 aliphatic rings. The highest BCUT2D eigenvalue weighted by molar-refractivity contribution is 5.81. The molecule has 1 fully saturated rings. The Bertz CT molecular complexity index is 910. The number of rotatable bonds is 4. The molecule has 5 unspecified atom stereocenters. The zero-order valence-electron chi connectivity index (χ0n) is 16.1. The maximum atomic E-state index is 11.0. The van der Waals surface area contributed by atoms with Crippen LogP contribution in [0.15, 0.2) is 35.6 Å². The lowest BCUT2D eigenvalue weighted by Gasteiger charge is -2.51. The fraction of sp³-hybridized carbons (Fsp3) is 0.421. The molecule has 0 aliphatic carbocycles. The Hall–Kier alpha value is -2.79. The van der Waals surface area contributed by atoms with E-state index in [9.17, 15) is 5.11 Å². The van der Waals surface area contributed by atoms with E-state index in [1.807, 2.05) is 0 Å². The van der Waals surface area contributed by atoms with E-state index < -0.39 is 30.4 Å². The summed E-state index contributed by atoms with van der Waals surface area (Å²) in [4.78, 5) is 8.75. The van der Waals surface area contributed by atoms with Gasteiger partial charge in [0.25, 0.3) is 6.29 Å². The zero-order chi connectivity index (χ0) is 20.6. The first-order valence-corrected chi connectivity index (χ1v) is 8.95. The van der Waals surface area contributed by atoms with Gasteiger partial charge in [0.15, 0.2) is 17.6 Å². The standard InChI is InChI=1S/C19H21N3O7/c1-10-15(25-2)17(23)19(26-3)18(27-10)28-13-8-11(9-21-24)22-14(16(13)29-19)12-6-4-5-7-20-12/h4-10,15,17-18,23-24H,1-3H3. The van der Waals surface area contributed by atoms with Gasteiger partial charge in [-0.05, 0) is 19.1 Å². The number of hydrogen-bond donors (Lipinski definition) is 2. The van der Waals surface area contributed by atoms with Gasteiger partial charge in [0.2, 0.25) is 0 Å². The van der Waals surface area contributed by atoms with Gasteiger partial charge in [0.05, 0.1) is 23.7 Å². The number of pyridine rings is 2. The van der Waals surface area contributed by atoms with Gasteiger partial charge in [-0.1, -0.05) is 11.2 Å². The van der Waals surface area contributed by atoms with E-state index in [-0.39, 0.29) is 11.5 Å². The Morgan fingerprint density at radius 3 is 2.79 bits per heavy atom. The summed E-state index contributed by atoms with van der Waals surface area (Å²) >= 11 is 0. The third-order valence-electron chi connectivity index (χ3n) is 5.00. The highest BCUT2D eigenvalue weighted by Crippen LogP contribution is 2.48. The van der Waals surface area contributed by atoms with Crippen molar-refractivity contribution in [1.82, 2.24) is 9.97 Å². The molecule has 2 N–H and O–H groups in total. The number of fused-ring (bicyclic) bond motifs is 2. The molecule has 0 radical (unpaired) electrons. The third kappa shape index (κ3) is 3.10. The van der Waals surface area contributed by atoms with Crippen molar-refractivity contribution in [2.24, 2.45) is 5.16 Å². The summed E-state index contributed by atoms with van der Waals surface area (Å²) in [6.45, 7) is 1.76. The van der Waals surface area contributed by atoms with Crippen LogP contribution < -0.4 is 9.47 Å². The SMILES string of the molecule is COC1C(C)OC2Oc3cc(C=NO)nc(-c4ccccn4)c3OC2(OC)C1O. The predicted octanol–water partition coefficient (Wildman–Crippen LogP) is 1.19. The molecule has 0 aromatic carbocycles. The van der Waals surface area contributed by atoms with Gasteiger partial charge in [-0.2, -0.15) is 0 Å². The molecular formula is C19H21N3O7. The first kappa shape index (κ1) is 19.5. The summed E-state index contributed by atoms with van der Waals surface area (Å²) in [6.07, 6.45) is -0.707. The minimum Gasteiger partial charge on any atom is -0.453 e. The van der Waals surface area contributed by atoms with Crippen LogP contribution in [0.5, 0.6) is 11.5 Å². The summed E-state index contributed by atoms with van der Waals surface area (Å²) in [5.41, 5.74) is 1.14. The molecule has 154 valence electrons. The maximum Gasteiger partial charge on any atom is 0.302 e. The van der Waals surface area contributed by atoms with Crippen LogP contribution in [0.3, 0.4) is 0 Å². The fourth-order valence-corrected chi connectivity index (χ4v) is 3.58. The number of nitrogens with zero attached hydrogens (tertiary/aromatic N) is 3. The van der Waals surface area contributed by atoms with Crippen LogP contribution in [0.4, 0.5) is 0 Å². The lowest BCUT2D eigenvalue weighted by atomic mass is 9.95. The molecule has 0 spiro atoms. The Morgan fingerprint density at radius 1 is 1.31 bits per heavy atom. The molecular weight excluding hydrogens is 382 g/mol. The molecule has 4 heterocycles. The van der Waals surface area contributed by atoms with Crippen molar-refractivity contribution in [2.45, 2.75) is 37.3 Å². The molecule has 10 heteroatoms. The van der Waals surface area contributed by atoms with Gasteiger partial charge in [-0.3, -0.25) is 4.98 Å². The van der Waals surface area contributed by atoms with Crippen LogP contribution in [0.2, 0.25) is 0 Å². The molecule has 4 rings (SSSR count). The van der Waals surface area contributed by atoms with Crippen LogP contribution in [0, 0.1) is 0 Å². The summed E-state index contributed by atoms with van der Waals surface area (Å²) in [6, 6.07) is 6.83. The van der Waals surface area contributed by atoms with Crippen molar-refractivity contribution in [2.75, 3.05) is 14.2 Å². The summed E-state index contributed by atoms with van der Waals surface area (Å²) < 4.78 is 29.0. The topological polar surface area (TPSA) is 125 Å². The quantitative estimate of drug-likeness (QED) is 0.440. The van der Waals surface area contributed by atoms with Crippen molar-refractivity contribution >= 4 is 6.21 Å². The summed E-state index contributed by atoms with van der Waals surface area (Å²) in [5.74, 6) is -1.19. The zero-order valence-corrected chi connectivity index (χ0v) is 16.1. The molecule has 2 aliphatic heterocycles. The van der Waals surface area contributed by atoms with E-state index in [0.29, 0.717) is 17.1 Å². The van der Waals surface area contributed by atoms with E-state index in [1.54, 1.807) is 31.3 Å². The van der Waals surface area contributed by atoms with Gasteiger partial charge >= 0.3 is 5.79 Å². The minimum absolute atomic E-state index is 0.212. The maximum absolute atomic E-state index is 11.0. The van der Waals surface area contributed by atoms with Crippen LogP contribution in [-0.4, -0.2) is 71.1 Å². The van der Waals surface area contributed by atoms with Gasteiger partial charge in [0.1, 0.15) is 11.8 Å². The van der Waals surface area contributed by atoms with Gasteiger partial charge in [-0.25, -0.2) is 4.98 Å². The van der Waals surface area contributed by atoms with Crippen LogP contribution in [-0.2, 0) is 14.2 Å². The summed E-state index contributed by atoms with van der Waals surface area (Å²) in [7, 11) is 2.85. The Balaban J connectivity index is 1.87. The number of oxime groups is 1. The molecule has 2 aromatic rings. The van der Waals surface area contributed by atoms with Gasteiger partial charge < -0.3 is 34.0 Å². The van der Waals surface area contributed by atoms with Crippen molar-refractivity contribution < 1.29 is 34.0 Å². The molecule has 0 amide bonds. The molecule has 29 heavy (non-hydrogen) atoms. The molecule has 0 saturated carbocycles. The van der Waals surface area contributed by atoms with Crippen LogP contribution >= 0.6 is 0 Å². The van der Waals surface area contributed by atoms with Crippen molar-refractivity contribution in [3.05, 3.63) is 36.2 Å². The van der Waals surface area contributed by atoms with E-state index >= 15 is 0 Å². The monoisotopic (exact) mass is 403 g/mol. The first-order valence-electron chi connectivity index (χ1n) is 8.95. The second-order valence-corrected chi connectivity index (χ2v) is 6.65. The van der Waals surface area contributed by atoms with E-state index in [4.69, 9.17) is 28.9 Å². The Kier molecular flexibility index (Phi) is 5.09. The Morgan fingerprint density at radius 2 is 2.14 bits per heavy atom. The number of hydrogen-bond acceptors (Lipinski definition) is 10.